The number of aryl methyl sites for hydroxylation is 1. The molecule has 1 fully saturated rings. The second-order valence-electron chi connectivity index (χ2n) is 8.06. The lowest BCUT2D eigenvalue weighted by atomic mass is 10.2. The van der Waals surface area contributed by atoms with Crippen molar-refractivity contribution in [3.8, 4) is 0 Å². The molecule has 7 heteroatoms. The van der Waals surface area contributed by atoms with Crippen molar-refractivity contribution >= 4 is 28.1 Å². The van der Waals surface area contributed by atoms with Gasteiger partial charge in [-0.15, -0.1) is 0 Å². The minimum Gasteiger partial charge on any atom is -0.368 e. The Kier molecular flexibility index (Phi) is 4.73. The minimum atomic E-state index is -0.423. The molecule has 0 spiro atoms. The molecule has 1 atom stereocenters. The number of fused-ring (bicyclic) bond motifs is 3. The first-order chi connectivity index (χ1) is 15.0. The van der Waals surface area contributed by atoms with Crippen molar-refractivity contribution in [1.29, 1.82) is 0 Å². The van der Waals surface area contributed by atoms with Gasteiger partial charge in [-0.05, 0) is 38.1 Å². The number of para-hydroxylation sites is 2. The Morgan fingerprint density at radius 2 is 1.65 bits per heavy atom. The molecule has 0 saturated carbocycles. The molecule has 0 N–H and O–H groups in total. The molecule has 1 aliphatic rings. The summed E-state index contributed by atoms with van der Waals surface area (Å²) < 4.78 is 3.87. The normalized spacial score (nSPS) is 15.5. The van der Waals surface area contributed by atoms with Gasteiger partial charge in [-0.3, -0.25) is 14.3 Å². The summed E-state index contributed by atoms with van der Waals surface area (Å²) in [5.74, 6) is 0.0773. The van der Waals surface area contributed by atoms with Crippen LogP contribution >= 0.6 is 0 Å². The number of piperazine rings is 1. The molecule has 1 saturated heterocycles. The van der Waals surface area contributed by atoms with Gasteiger partial charge in [-0.2, -0.15) is 4.98 Å². The number of anilines is 1. The van der Waals surface area contributed by atoms with Crippen molar-refractivity contribution in [3.05, 3.63) is 76.7 Å². The average molecular weight is 415 g/mol. The predicted molar refractivity (Wildman–Crippen MR) is 122 cm³/mol. The molecule has 7 nitrogen and oxygen atoms in total. The number of rotatable bonds is 3. The molecule has 1 aliphatic heterocycles. The Morgan fingerprint density at radius 3 is 2.39 bits per heavy atom. The van der Waals surface area contributed by atoms with Crippen LogP contribution in [0.25, 0.3) is 16.6 Å². The Bertz CT molecular complexity index is 1320. The second-order valence-corrected chi connectivity index (χ2v) is 8.06. The van der Waals surface area contributed by atoms with Crippen LogP contribution < -0.4 is 10.5 Å². The molecule has 2 aromatic carbocycles. The highest BCUT2D eigenvalue weighted by Gasteiger charge is 2.28. The molecule has 1 amide bonds. The van der Waals surface area contributed by atoms with Crippen molar-refractivity contribution in [2.45, 2.75) is 19.9 Å². The fraction of sp³-hybridized carbons (Fsp3) is 0.292. The maximum absolute atomic E-state index is 13.5. The molecule has 3 heterocycles. The van der Waals surface area contributed by atoms with E-state index < -0.39 is 6.04 Å². The SMILES string of the molecule is Cc1cc(=O)nc2c3ccccc3n([C@@H](C)C(=O)N3CCN(c4ccccc4)CC3)n12. The topological polar surface area (TPSA) is 62.9 Å². The first-order valence-electron chi connectivity index (χ1n) is 10.6. The third-order valence-corrected chi connectivity index (χ3v) is 6.13. The zero-order valence-electron chi connectivity index (χ0n) is 17.7. The fourth-order valence-corrected chi connectivity index (χ4v) is 4.58. The van der Waals surface area contributed by atoms with Crippen LogP contribution in [0.15, 0.2) is 65.5 Å². The van der Waals surface area contributed by atoms with Crippen molar-refractivity contribution < 1.29 is 4.79 Å². The van der Waals surface area contributed by atoms with Crippen LogP contribution in [0.2, 0.25) is 0 Å². The summed E-state index contributed by atoms with van der Waals surface area (Å²) in [5, 5.41) is 0.872. The zero-order valence-corrected chi connectivity index (χ0v) is 17.7. The quantitative estimate of drug-likeness (QED) is 0.516. The molecule has 2 aromatic heterocycles. The van der Waals surface area contributed by atoms with Crippen molar-refractivity contribution in [1.82, 2.24) is 19.1 Å². The van der Waals surface area contributed by atoms with Gasteiger partial charge in [-0.25, -0.2) is 4.52 Å². The van der Waals surface area contributed by atoms with Gasteiger partial charge in [0.2, 0.25) is 5.91 Å². The largest absolute Gasteiger partial charge is 0.368 e. The van der Waals surface area contributed by atoms with Crippen LogP contribution in [-0.2, 0) is 4.79 Å². The van der Waals surface area contributed by atoms with E-state index in [-0.39, 0.29) is 11.5 Å². The smallest absolute Gasteiger partial charge is 0.273 e. The van der Waals surface area contributed by atoms with Crippen LogP contribution in [0.5, 0.6) is 0 Å². The van der Waals surface area contributed by atoms with E-state index in [1.165, 1.54) is 11.8 Å². The van der Waals surface area contributed by atoms with Gasteiger partial charge >= 0.3 is 0 Å². The number of hydrogen-bond acceptors (Lipinski definition) is 4. The average Bonchev–Trinajstić information content (AvgIpc) is 3.13. The Balaban J connectivity index is 1.47. The van der Waals surface area contributed by atoms with Crippen molar-refractivity contribution in [2.75, 3.05) is 31.1 Å². The highest BCUT2D eigenvalue weighted by molar-refractivity contribution is 5.94. The van der Waals surface area contributed by atoms with Crippen molar-refractivity contribution in [2.24, 2.45) is 0 Å². The van der Waals surface area contributed by atoms with Crippen LogP contribution in [-0.4, -0.2) is 51.2 Å². The minimum absolute atomic E-state index is 0.0773. The van der Waals surface area contributed by atoms with Gasteiger partial charge in [0.05, 0.1) is 5.52 Å². The van der Waals surface area contributed by atoms with Gasteiger partial charge < -0.3 is 9.80 Å². The Labute approximate surface area is 180 Å². The van der Waals surface area contributed by atoms with E-state index in [0.29, 0.717) is 18.7 Å². The van der Waals surface area contributed by atoms with Gasteiger partial charge in [-0.1, -0.05) is 30.3 Å². The molecular weight excluding hydrogens is 390 g/mol. The van der Waals surface area contributed by atoms with E-state index in [0.717, 1.165) is 29.7 Å². The van der Waals surface area contributed by atoms with Crippen LogP contribution in [0.4, 0.5) is 5.69 Å². The molecule has 31 heavy (non-hydrogen) atoms. The molecule has 0 unspecified atom stereocenters. The first kappa shape index (κ1) is 19.4. The summed E-state index contributed by atoms with van der Waals surface area (Å²) in [6.07, 6.45) is 0. The van der Waals surface area contributed by atoms with E-state index in [9.17, 15) is 9.59 Å². The number of carbonyl (C=O) groups is 1. The maximum atomic E-state index is 13.5. The Morgan fingerprint density at radius 1 is 0.968 bits per heavy atom. The lowest BCUT2D eigenvalue weighted by Crippen LogP contribution is -2.50. The van der Waals surface area contributed by atoms with E-state index in [1.54, 1.807) is 0 Å². The molecule has 0 bridgehead atoms. The predicted octanol–water partition coefficient (Wildman–Crippen LogP) is 2.87. The number of amides is 1. The monoisotopic (exact) mass is 415 g/mol. The highest BCUT2D eigenvalue weighted by Crippen LogP contribution is 2.26. The molecule has 5 rings (SSSR count). The van der Waals surface area contributed by atoms with Gasteiger partial charge in [0.15, 0.2) is 5.65 Å². The molecule has 0 aliphatic carbocycles. The number of aromatic nitrogens is 3. The maximum Gasteiger partial charge on any atom is 0.273 e. The summed E-state index contributed by atoms with van der Waals surface area (Å²) in [6.45, 7) is 6.78. The van der Waals surface area contributed by atoms with Crippen LogP contribution in [0, 0.1) is 6.92 Å². The molecule has 0 radical (unpaired) electrons. The number of carbonyl (C=O) groups excluding carboxylic acids is 1. The standard InChI is InChI=1S/C24H25N5O2/c1-17-16-22(30)25-23-20-10-6-7-11-21(20)29(28(17)23)18(2)24(31)27-14-12-26(13-15-27)19-8-4-3-5-9-19/h3-11,16,18H,12-15H2,1-2H3/t18-/m0/s1. The number of nitrogens with zero attached hydrogens (tertiary/aromatic N) is 5. The van der Waals surface area contributed by atoms with Crippen LogP contribution in [0.3, 0.4) is 0 Å². The number of hydrogen-bond donors (Lipinski definition) is 0. The van der Waals surface area contributed by atoms with Gasteiger partial charge in [0.1, 0.15) is 6.04 Å². The fourth-order valence-electron chi connectivity index (χ4n) is 4.58. The summed E-state index contributed by atoms with van der Waals surface area (Å²) in [4.78, 5) is 34.0. The summed E-state index contributed by atoms with van der Waals surface area (Å²) >= 11 is 0. The number of benzene rings is 2. The summed E-state index contributed by atoms with van der Waals surface area (Å²) in [7, 11) is 0. The third-order valence-electron chi connectivity index (χ3n) is 6.13. The summed E-state index contributed by atoms with van der Waals surface area (Å²) in [6, 6.07) is 19.2. The van der Waals surface area contributed by atoms with Gasteiger partial charge in [0, 0.05) is 49.0 Å². The molecule has 158 valence electrons. The lowest BCUT2D eigenvalue weighted by molar-refractivity contribution is -0.134. The zero-order chi connectivity index (χ0) is 21.5. The first-order valence-corrected chi connectivity index (χ1v) is 10.6. The van der Waals surface area contributed by atoms with Crippen LogP contribution in [0.1, 0.15) is 18.7 Å². The third kappa shape index (κ3) is 3.26. The van der Waals surface area contributed by atoms with Gasteiger partial charge in [0.25, 0.3) is 5.56 Å². The highest BCUT2D eigenvalue weighted by atomic mass is 16.2. The van der Waals surface area contributed by atoms with E-state index >= 15 is 0 Å². The lowest BCUT2D eigenvalue weighted by Gasteiger charge is -2.37. The Hall–Kier alpha value is -3.61. The van der Waals surface area contributed by atoms with E-state index in [2.05, 4.69) is 22.0 Å². The molecule has 4 aromatic rings. The van der Waals surface area contributed by atoms with E-state index in [4.69, 9.17) is 0 Å². The molecular formula is C24H25N5O2. The van der Waals surface area contributed by atoms with Crippen molar-refractivity contribution in [3.63, 3.8) is 0 Å². The van der Waals surface area contributed by atoms with E-state index in [1.807, 2.05) is 70.4 Å². The second kappa shape index (κ2) is 7.58. The summed E-state index contributed by atoms with van der Waals surface area (Å²) in [5.41, 5.74) is 3.17.